The van der Waals surface area contributed by atoms with E-state index in [-0.39, 0.29) is 12.8 Å². The van der Waals surface area contributed by atoms with Gasteiger partial charge in [0, 0.05) is 19.8 Å². The summed E-state index contributed by atoms with van der Waals surface area (Å²) >= 11 is 0. The molecular formula is C7H10O4. The Morgan fingerprint density at radius 2 is 2.36 bits per heavy atom. The minimum Gasteiger partial charge on any atom is -0.425 e. The lowest BCUT2D eigenvalue weighted by Gasteiger charge is -2.28. The van der Waals surface area contributed by atoms with Gasteiger partial charge in [0.2, 0.25) is 5.78 Å². The van der Waals surface area contributed by atoms with Crippen LogP contribution in [-0.2, 0) is 14.3 Å². The van der Waals surface area contributed by atoms with Crippen molar-refractivity contribution in [3.63, 3.8) is 0 Å². The summed E-state index contributed by atoms with van der Waals surface area (Å²) in [6, 6.07) is 0. The number of rotatable bonds is 1. The molecule has 0 aliphatic carbocycles. The first kappa shape index (κ1) is 8.20. The van der Waals surface area contributed by atoms with Gasteiger partial charge in [-0.1, -0.05) is 0 Å². The quantitative estimate of drug-likeness (QED) is 0.545. The van der Waals surface area contributed by atoms with E-state index in [0.29, 0.717) is 6.42 Å². The van der Waals surface area contributed by atoms with Crippen LogP contribution in [0.25, 0.3) is 0 Å². The summed E-state index contributed by atoms with van der Waals surface area (Å²) in [5, 5.41) is 9.33. The zero-order valence-corrected chi connectivity index (χ0v) is 6.29. The highest BCUT2D eigenvalue weighted by molar-refractivity contribution is 5.86. The Bertz CT molecular complexity index is 199. The summed E-state index contributed by atoms with van der Waals surface area (Å²) in [4.78, 5) is 21.4. The molecule has 1 aliphatic rings. The van der Waals surface area contributed by atoms with Gasteiger partial charge in [-0.3, -0.25) is 9.59 Å². The second kappa shape index (κ2) is 2.62. The first-order valence-electron chi connectivity index (χ1n) is 3.50. The molecule has 62 valence electrons. The maximum atomic E-state index is 10.7. The molecular weight excluding hydrogens is 148 g/mol. The van der Waals surface area contributed by atoms with Crippen molar-refractivity contribution in [1.29, 1.82) is 0 Å². The second-order valence-electron chi connectivity index (χ2n) is 2.67. The van der Waals surface area contributed by atoms with Gasteiger partial charge in [0.1, 0.15) is 0 Å². The monoisotopic (exact) mass is 158 g/mol. The van der Waals surface area contributed by atoms with E-state index < -0.39 is 17.5 Å². The molecule has 0 radical (unpaired) electrons. The number of hydrogen-bond acceptors (Lipinski definition) is 4. The lowest BCUT2D eigenvalue weighted by atomic mass is 10.0. The van der Waals surface area contributed by atoms with Gasteiger partial charge < -0.3 is 9.84 Å². The Morgan fingerprint density at radius 1 is 1.73 bits per heavy atom. The summed E-state index contributed by atoms with van der Waals surface area (Å²) in [7, 11) is 0. The van der Waals surface area contributed by atoms with Gasteiger partial charge in [-0.15, -0.1) is 0 Å². The maximum Gasteiger partial charge on any atom is 0.308 e. The van der Waals surface area contributed by atoms with Crippen molar-refractivity contribution >= 4 is 11.8 Å². The van der Waals surface area contributed by atoms with Crippen molar-refractivity contribution in [3.8, 4) is 0 Å². The Morgan fingerprint density at radius 3 is 2.73 bits per heavy atom. The number of carbonyl (C=O) groups is 2. The number of esters is 1. The van der Waals surface area contributed by atoms with Crippen molar-refractivity contribution < 1.29 is 19.4 Å². The first-order valence-corrected chi connectivity index (χ1v) is 3.50. The van der Waals surface area contributed by atoms with E-state index in [9.17, 15) is 14.7 Å². The lowest BCUT2D eigenvalue weighted by Crippen LogP contribution is -2.44. The molecule has 0 aromatic carbocycles. The summed E-state index contributed by atoms with van der Waals surface area (Å²) in [6.07, 6.45) is 1.01. The fourth-order valence-electron chi connectivity index (χ4n) is 1.01. The minimum atomic E-state index is -1.84. The van der Waals surface area contributed by atoms with Gasteiger partial charge in [-0.05, 0) is 6.42 Å². The van der Waals surface area contributed by atoms with Crippen LogP contribution in [0.3, 0.4) is 0 Å². The Hall–Kier alpha value is -0.900. The largest absolute Gasteiger partial charge is 0.425 e. The van der Waals surface area contributed by atoms with Crippen LogP contribution in [0.5, 0.6) is 0 Å². The van der Waals surface area contributed by atoms with Gasteiger partial charge >= 0.3 is 5.97 Å². The first-order chi connectivity index (χ1) is 5.04. The van der Waals surface area contributed by atoms with Gasteiger partial charge in [0.05, 0.1) is 0 Å². The highest BCUT2D eigenvalue weighted by Crippen LogP contribution is 2.23. The average molecular weight is 158 g/mol. The number of hydrogen-bond donors (Lipinski definition) is 1. The van der Waals surface area contributed by atoms with Gasteiger partial charge in [0.15, 0.2) is 0 Å². The Labute approximate surface area is 64.2 Å². The third kappa shape index (κ3) is 1.57. The third-order valence-electron chi connectivity index (χ3n) is 1.73. The molecule has 0 amide bonds. The molecule has 1 rings (SSSR count). The molecule has 0 spiro atoms. The van der Waals surface area contributed by atoms with Crippen LogP contribution >= 0.6 is 0 Å². The van der Waals surface area contributed by atoms with Gasteiger partial charge in [-0.25, -0.2) is 0 Å². The SMILES string of the molecule is CC(=O)C1(O)CCCC(=O)O1. The van der Waals surface area contributed by atoms with Crippen LogP contribution in [0.15, 0.2) is 0 Å². The minimum absolute atomic E-state index is 0.216. The van der Waals surface area contributed by atoms with Crippen LogP contribution in [0, 0.1) is 0 Å². The normalized spacial score (nSPS) is 31.3. The molecule has 0 bridgehead atoms. The van der Waals surface area contributed by atoms with Crippen LogP contribution in [-0.4, -0.2) is 22.6 Å². The molecule has 1 aliphatic heterocycles. The number of carbonyl (C=O) groups excluding carboxylic acids is 2. The fourth-order valence-corrected chi connectivity index (χ4v) is 1.01. The molecule has 1 heterocycles. The fraction of sp³-hybridized carbons (Fsp3) is 0.714. The van der Waals surface area contributed by atoms with Crippen molar-refractivity contribution in [2.45, 2.75) is 32.0 Å². The van der Waals surface area contributed by atoms with Crippen molar-refractivity contribution in [2.24, 2.45) is 0 Å². The second-order valence-corrected chi connectivity index (χ2v) is 2.67. The number of Topliss-reactive ketones (excluding diaryl/α,β-unsaturated/α-hetero) is 1. The van der Waals surface area contributed by atoms with Gasteiger partial charge in [0.25, 0.3) is 5.79 Å². The molecule has 4 heteroatoms. The molecule has 11 heavy (non-hydrogen) atoms. The van der Waals surface area contributed by atoms with Crippen molar-refractivity contribution in [2.75, 3.05) is 0 Å². The zero-order chi connectivity index (χ0) is 8.48. The van der Waals surface area contributed by atoms with E-state index >= 15 is 0 Å². The van der Waals surface area contributed by atoms with Crippen LogP contribution < -0.4 is 0 Å². The molecule has 0 saturated carbocycles. The van der Waals surface area contributed by atoms with Crippen LogP contribution in [0.4, 0.5) is 0 Å². The Balaban J connectivity index is 2.70. The number of aliphatic hydroxyl groups is 1. The van der Waals surface area contributed by atoms with E-state index in [4.69, 9.17) is 0 Å². The Kier molecular flexibility index (Phi) is 1.95. The van der Waals surface area contributed by atoms with Crippen molar-refractivity contribution in [1.82, 2.24) is 0 Å². The number of ketones is 1. The molecule has 1 atom stereocenters. The van der Waals surface area contributed by atoms with E-state index in [0.717, 1.165) is 0 Å². The highest BCUT2D eigenvalue weighted by atomic mass is 16.7. The maximum absolute atomic E-state index is 10.7. The molecule has 0 aromatic heterocycles. The predicted molar refractivity (Wildman–Crippen MR) is 35.6 cm³/mol. The standard InChI is InChI=1S/C7H10O4/c1-5(8)7(10)4-2-3-6(9)11-7/h10H,2-4H2,1H3. The van der Waals surface area contributed by atoms with Crippen molar-refractivity contribution in [3.05, 3.63) is 0 Å². The summed E-state index contributed by atoms with van der Waals surface area (Å²) in [6.45, 7) is 1.21. The molecule has 4 nitrogen and oxygen atoms in total. The predicted octanol–water partition coefficient (Wildman–Crippen LogP) is -0.00890. The summed E-state index contributed by atoms with van der Waals surface area (Å²) < 4.78 is 4.50. The molecule has 1 unspecified atom stereocenters. The van der Waals surface area contributed by atoms with E-state index in [1.165, 1.54) is 6.92 Å². The highest BCUT2D eigenvalue weighted by Gasteiger charge is 2.39. The molecule has 1 fully saturated rings. The lowest BCUT2D eigenvalue weighted by molar-refractivity contribution is -0.218. The van der Waals surface area contributed by atoms with E-state index in [2.05, 4.69) is 4.74 Å². The summed E-state index contributed by atoms with van der Waals surface area (Å²) in [5.74, 6) is -2.85. The molecule has 1 N–H and O–H groups in total. The average Bonchev–Trinajstić information content (AvgIpc) is 1.86. The smallest absolute Gasteiger partial charge is 0.308 e. The summed E-state index contributed by atoms with van der Waals surface area (Å²) in [5.41, 5.74) is 0. The van der Waals surface area contributed by atoms with Crippen LogP contribution in [0.1, 0.15) is 26.2 Å². The molecule has 0 aromatic rings. The van der Waals surface area contributed by atoms with E-state index in [1.54, 1.807) is 0 Å². The number of ether oxygens (including phenoxy) is 1. The molecule has 1 saturated heterocycles. The van der Waals surface area contributed by atoms with E-state index in [1.807, 2.05) is 0 Å². The zero-order valence-electron chi connectivity index (χ0n) is 6.29. The van der Waals surface area contributed by atoms with Crippen LogP contribution in [0.2, 0.25) is 0 Å². The third-order valence-corrected chi connectivity index (χ3v) is 1.73. The topological polar surface area (TPSA) is 63.6 Å². The van der Waals surface area contributed by atoms with Gasteiger partial charge in [-0.2, -0.15) is 0 Å². The number of cyclic esters (lactones) is 1.